The van der Waals surface area contributed by atoms with Gasteiger partial charge in [-0.15, -0.1) is 0 Å². The van der Waals surface area contributed by atoms with Crippen LogP contribution in [0.4, 0.5) is 13.2 Å². The smallest absolute Gasteiger partial charge is 0.416 e. The van der Waals surface area contributed by atoms with E-state index in [-0.39, 0.29) is 36.3 Å². The number of carbonyl (C=O) groups excluding carboxylic acids is 7. The maximum Gasteiger partial charge on any atom is 0.416 e. The molecule has 5 amide bonds. The number of allylic oxidation sites excluding steroid dienone is 1. The summed E-state index contributed by atoms with van der Waals surface area (Å²) in [6, 6.07) is -1.62. The topological polar surface area (TPSA) is 207 Å². The molecule has 2 rings (SSSR count). The molecule has 1 aliphatic heterocycles. The second kappa shape index (κ2) is 24.0. The summed E-state index contributed by atoms with van der Waals surface area (Å²) in [5.74, 6) is -6.42. The van der Waals surface area contributed by atoms with Crippen LogP contribution in [0.25, 0.3) is 0 Å². The number of hydrogen-bond acceptors (Lipinski definition) is 10. The van der Waals surface area contributed by atoms with Crippen molar-refractivity contribution in [2.45, 2.75) is 144 Å². The van der Waals surface area contributed by atoms with Crippen molar-refractivity contribution in [3.8, 4) is 0 Å². The second-order valence-electron chi connectivity index (χ2n) is 17.0. The molecule has 1 heterocycles. The summed E-state index contributed by atoms with van der Waals surface area (Å²) in [6.07, 6.45) is -3.06. The highest BCUT2D eigenvalue weighted by atomic mass is 19.4. The molecule has 0 bridgehead atoms. The lowest BCUT2D eigenvalue weighted by atomic mass is 9.89. The van der Waals surface area contributed by atoms with Crippen LogP contribution in [0.5, 0.6) is 0 Å². The van der Waals surface area contributed by atoms with E-state index in [9.17, 15) is 46.7 Å². The minimum Gasteiger partial charge on any atom is -0.456 e. The molecule has 352 valence electrons. The fourth-order valence-electron chi connectivity index (χ4n) is 6.80. The molecule has 1 aromatic carbocycles. The monoisotopic (exact) mass is 892 g/mol. The normalized spacial score (nSPS) is 28.0. The molecule has 2 unspecified atom stereocenters. The van der Waals surface area contributed by atoms with Gasteiger partial charge < -0.3 is 41.0 Å². The van der Waals surface area contributed by atoms with E-state index in [0.717, 1.165) is 21.9 Å². The molecule has 0 aromatic heterocycles. The minimum atomic E-state index is -4.63. The van der Waals surface area contributed by atoms with Crippen molar-refractivity contribution in [2.24, 2.45) is 23.5 Å². The number of nitrogens with two attached hydrogens (primary N) is 1. The standard InChI is InChI=1S/C45H67F3N6O9/c1-13-25(5)37-40(57)51-30(10)44(61)63-38(26(6)14-2)28(8)33(49)20-15-27(7)43(60)62-35(21-24(3)4)39(56)50-29(9)41(58)54(12)34(42(59)53(11)23-36(55)52-37)22-31-16-18-32(19-17-31)45(46,47)48/h14-19,24-25,28-30,33-35,37-38H,13,20-23,49H2,1-12H3,(H,50,56)(H,51,57)(H,52,55)/b26-14+,27-15+/t25?,28-,29-,30+,33-,34+,35+,37?,38+/m0/s1. The van der Waals surface area contributed by atoms with E-state index in [4.69, 9.17) is 15.2 Å². The average molecular weight is 893 g/mol. The van der Waals surface area contributed by atoms with Crippen LogP contribution in [0.1, 0.15) is 99.6 Å². The highest BCUT2D eigenvalue weighted by Gasteiger charge is 2.37. The molecular weight excluding hydrogens is 826 g/mol. The molecular formula is C45H67F3N6O9. The number of nitrogens with one attached hydrogen (secondary N) is 3. The Balaban J connectivity index is 2.66. The number of rotatable bonds is 7. The first-order chi connectivity index (χ1) is 29.2. The largest absolute Gasteiger partial charge is 0.456 e. The van der Waals surface area contributed by atoms with Gasteiger partial charge in [-0.25, -0.2) is 9.59 Å². The SMILES string of the molecule is C/C=C(\C)[C@H]1OC(=O)[C@@H](C)NC(=O)C(C(C)CC)NC(=O)CN(C)C(=O)[C@@H](Cc2ccc(C(F)(F)F)cc2)N(C)C(=O)[C@H](C)NC(=O)[C@@H](CC(C)C)OC(=O)/C(C)=C/C[C@H](N)[C@@H]1C. The summed E-state index contributed by atoms with van der Waals surface area (Å²) >= 11 is 0. The lowest BCUT2D eigenvalue weighted by Crippen LogP contribution is -2.57. The predicted octanol–water partition coefficient (Wildman–Crippen LogP) is 4.22. The first-order valence-electron chi connectivity index (χ1n) is 21.3. The van der Waals surface area contributed by atoms with Gasteiger partial charge in [0.25, 0.3) is 5.91 Å². The zero-order chi connectivity index (χ0) is 48.1. The van der Waals surface area contributed by atoms with Crippen LogP contribution in [-0.4, -0.2) is 114 Å². The molecule has 9 atom stereocenters. The Morgan fingerprint density at radius 2 is 1.49 bits per heavy atom. The number of ether oxygens (including phenoxy) is 2. The summed E-state index contributed by atoms with van der Waals surface area (Å²) in [4.78, 5) is 98.0. The van der Waals surface area contributed by atoms with Gasteiger partial charge in [0.05, 0.1) is 12.1 Å². The second-order valence-corrected chi connectivity index (χ2v) is 17.0. The number of nitrogens with zero attached hydrogens (tertiary/aromatic N) is 2. The molecule has 0 saturated heterocycles. The summed E-state index contributed by atoms with van der Waals surface area (Å²) in [6.45, 7) is 16.2. The van der Waals surface area contributed by atoms with Crippen LogP contribution in [0.3, 0.4) is 0 Å². The number of likely N-dealkylation sites (N-methyl/N-ethyl adjacent to an activating group) is 2. The molecule has 0 aliphatic carbocycles. The Kier molecular flexibility index (Phi) is 20.5. The van der Waals surface area contributed by atoms with Crippen molar-refractivity contribution in [1.82, 2.24) is 25.8 Å². The first-order valence-corrected chi connectivity index (χ1v) is 21.3. The van der Waals surface area contributed by atoms with Gasteiger partial charge in [0.1, 0.15) is 30.3 Å². The fourth-order valence-corrected chi connectivity index (χ4v) is 6.80. The number of halogens is 3. The van der Waals surface area contributed by atoms with E-state index in [2.05, 4.69) is 16.0 Å². The van der Waals surface area contributed by atoms with Crippen LogP contribution >= 0.6 is 0 Å². The highest BCUT2D eigenvalue weighted by molar-refractivity contribution is 5.96. The first kappa shape index (κ1) is 53.9. The summed E-state index contributed by atoms with van der Waals surface area (Å²) in [7, 11) is 2.57. The molecule has 0 fully saturated rings. The minimum absolute atomic E-state index is 0.0898. The zero-order valence-electron chi connectivity index (χ0n) is 38.6. The van der Waals surface area contributed by atoms with Gasteiger partial charge in [-0.1, -0.05) is 65.3 Å². The summed E-state index contributed by atoms with van der Waals surface area (Å²) in [5.41, 5.74) is 6.74. The quantitative estimate of drug-likeness (QED) is 0.227. The maximum atomic E-state index is 14.2. The van der Waals surface area contributed by atoms with Crippen molar-refractivity contribution in [2.75, 3.05) is 20.6 Å². The molecule has 0 radical (unpaired) electrons. The Bertz CT molecular complexity index is 1850. The molecule has 0 spiro atoms. The summed E-state index contributed by atoms with van der Waals surface area (Å²) in [5, 5.41) is 7.86. The number of hydrogen-bond donors (Lipinski definition) is 4. The van der Waals surface area contributed by atoms with Crippen LogP contribution in [0.2, 0.25) is 0 Å². The van der Waals surface area contributed by atoms with Gasteiger partial charge in [0.2, 0.25) is 23.6 Å². The molecule has 0 saturated carbocycles. The molecule has 1 aromatic rings. The van der Waals surface area contributed by atoms with Gasteiger partial charge in [-0.2, -0.15) is 13.2 Å². The van der Waals surface area contributed by atoms with Gasteiger partial charge >= 0.3 is 18.1 Å². The Hall–Kier alpha value is -5.26. The predicted molar refractivity (Wildman–Crippen MR) is 230 cm³/mol. The lowest BCUT2D eigenvalue weighted by molar-refractivity contribution is -0.154. The number of carbonyl (C=O) groups is 7. The number of amides is 5. The van der Waals surface area contributed by atoms with Gasteiger partial charge in [0.15, 0.2) is 6.10 Å². The van der Waals surface area contributed by atoms with E-state index in [1.54, 1.807) is 46.8 Å². The number of cyclic esters (lactones) is 2. The number of esters is 2. The third-order valence-corrected chi connectivity index (χ3v) is 11.4. The molecule has 63 heavy (non-hydrogen) atoms. The lowest BCUT2D eigenvalue weighted by Gasteiger charge is -2.33. The van der Waals surface area contributed by atoms with Crippen molar-refractivity contribution in [1.29, 1.82) is 0 Å². The van der Waals surface area contributed by atoms with Gasteiger partial charge in [0, 0.05) is 38.0 Å². The van der Waals surface area contributed by atoms with E-state index in [0.29, 0.717) is 12.0 Å². The van der Waals surface area contributed by atoms with Gasteiger partial charge in [-0.3, -0.25) is 24.0 Å². The molecule has 1 aliphatic rings. The maximum absolute atomic E-state index is 14.2. The molecule has 15 nitrogen and oxygen atoms in total. The zero-order valence-corrected chi connectivity index (χ0v) is 38.6. The Morgan fingerprint density at radius 3 is 2.03 bits per heavy atom. The third-order valence-electron chi connectivity index (χ3n) is 11.4. The van der Waals surface area contributed by atoms with Crippen LogP contribution in [0, 0.1) is 17.8 Å². The van der Waals surface area contributed by atoms with E-state index < -0.39 is 114 Å². The van der Waals surface area contributed by atoms with Crippen molar-refractivity contribution < 1.29 is 56.2 Å². The third kappa shape index (κ3) is 15.8. The Morgan fingerprint density at radius 1 is 0.905 bits per heavy atom. The Labute approximate surface area is 369 Å². The van der Waals surface area contributed by atoms with E-state index in [1.807, 2.05) is 13.8 Å². The number of alkyl halides is 3. The van der Waals surface area contributed by atoms with Crippen molar-refractivity contribution in [3.63, 3.8) is 0 Å². The molecule has 5 N–H and O–H groups in total. The van der Waals surface area contributed by atoms with Crippen LogP contribution in [0.15, 0.2) is 47.6 Å². The van der Waals surface area contributed by atoms with Crippen molar-refractivity contribution in [3.05, 3.63) is 58.7 Å². The average Bonchev–Trinajstić information content (AvgIpc) is 3.22. The fraction of sp³-hybridized carbons (Fsp3) is 0.622. The van der Waals surface area contributed by atoms with E-state index >= 15 is 0 Å². The van der Waals surface area contributed by atoms with Gasteiger partial charge in [-0.05, 0) is 82.6 Å². The number of benzene rings is 1. The highest BCUT2D eigenvalue weighted by Crippen LogP contribution is 2.29. The van der Waals surface area contributed by atoms with Crippen LogP contribution < -0.4 is 21.7 Å². The summed E-state index contributed by atoms with van der Waals surface area (Å²) < 4.78 is 51.7. The van der Waals surface area contributed by atoms with Crippen molar-refractivity contribution >= 4 is 41.5 Å². The van der Waals surface area contributed by atoms with Crippen LogP contribution in [-0.2, 0) is 55.6 Å². The van der Waals surface area contributed by atoms with E-state index in [1.165, 1.54) is 47.0 Å². The molecule has 18 heteroatoms.